The molecule has 1 unspecified atom stereocenters. The lowest BCUT2D eigenvalue weighted by Gasteiger charge is -2.23. The van der Waals surface area contributed by atoms with Gasteiger partial charge in [-0.1, -0.05) is 27.7 Å². The van der Waals surface area contributed by atoms with Gasteiger partial charge in [-0.05, 0) is 24.2 Å². The van der Waals surface area contributed by atoms with Crippen LogP contribution < -0.4 is 5.73 Å². The summed E-state index contributed by atoms with van der Waals surface area (Å²) in [5.74, 6) is 1.69. The van der Waals surface area contributed by atoms with E-state index in [4.69, 9.17) is 5.73 Å². The van der Waals surface area contributed by atoms with Crippen molar-refractivity contribution in [2.45, 2.75) is 40.2 Å². The lowest BCUT2D eigenvalue weighted by atomic mass is 9.95. The molecule has 3 nitrogen and oxygen atoms in total. The molecular formula is C12H24N2O. The van der Waals surface area contributed by atoms with Crippen molar-refractivity contribution in [3.05, 3.63) is 0 Å². The highest BCUT2D eigenvalue weighted by molar-refractivity contribution is 5.82. The third-order valence-electron chi connectivity index (χ3n) is 3.48. The largest absolute Gasteiger partial charge is 0.341 e. The molecule has 1 rings (SSSR count). The number of amides is 1. The number of nitrogens with zero attached hydrogens (tertiary/aromatic N) is 1. The van der Waals surface area contributed by atoms with Gasteiger partial charge in [-0.25, -0.2) is 0 Å². The second kappa shape index (κ2) is 4.97. The Morgan fingerprint density at radius 2 is 1.93 bits per heavy atom. The number of hydrogen-bond acceptors (Lipinski definition) is 2. The Morgan fingerprint density at radius 1 is 1.33 bits per heavy atom. The Hall–Kier alpha value is -0.570. The van der Waals surface area contributed by atoms with Gasteiger partial charge in [-0.15, -0.1) is 0 Å². The predicted molar refractivity (Wildman–Crippen MR) is 62.3 cm³/mol. The van der Waals surface area contributed by atoms with E-state index < -0.39 is 0 Å². The van der Waals surface area contributed by atoms with Gasteiger partial charge in [0.1, 0.15) is 0 Å². The van der Waals surface area contributed by atoms with Gasteiger partial charge in [0.15, 0.2) is 0 Å². The number of rotatable bonds is 3. The first-order chi connectivity index (χ1) is 6.93. The summed E-state index contributed by atoms with van der Waals surface area (Å²) in [6.45, 7) is 10.2. The van der Waals surface area contributed by atoms with Crippen LogP contribution in [0.15, 0.2) is 0 Å². The van der Waals surface area contributed by atoms with E-state index in [0.717, 1.165) is 19.5 Å². The maximum atomic E-state index is 12.0. The Balaban J connectivity index is 2.50. The van der Waals surface area contributed by atoms with Crippen LogP contribution in [0.25, 0.3) is 0 Å². The molecule has 0 spiro atoms. The van der Waals surface area contributed by atoms with Gasteiger partial charge in [0.05, 0.1) is 6.04 Å². The normalized spacial score (nSPS) is 23.9. The van der Waals surface area contributed by atoms with E-state index in [2.05, 4.69) is 13.8 Å². The number of hydrogen-bond donors (Lipinski definition) is 1. The third kappa shape index (κ3) is 2.94. The van der Waals surface area contributed by atoms with Crippen molar-refractivity contribution in [2.75, 3.05) is 13.1 Å². The molecule has 3 heteroatoms. The minimum absolute atomic E-state index is 0.133. The second-order valence-electron chi connectivity index (χ2n) is 5.35. The summed E-state index contributed by atoms with van der Waals surface area (Å²) in [6, 6.07) is -0.323. The number of likely N-dealkylation sites (tertiary alicyclic amines) is 1. The zero-order valence-electron chi connectivity index (χ0n) is 10.4. The molecule has 1 amide bonds. The summed E-state index contributed by atoms with van der Waals surface area (Å²) in [4.78, 5) is 13.9. The van der Waals surface area contributed by atoms with E-state index >= 15 is 0 Å². The summed E-state index contributed by atoms with van der Waals surface area (Å²) >= 11 is 0. The molecule has 0 aromatic rings. The average molecular weight is 212 g/mol. The Morgan fingerprint density at radius 3 is 2.33 bits per heavy atom. The molecule has 0 radical (unpaired) electrons. The quantitative estimate of drug-likeness (QED) is 0.770. The Labute approximate surface area is 93.0 Å². The standard InChI is InChI=1S/C12H24N2O/c1-8(2)10-5-6-14(7-10)12(15)11(13)9(3)4/h8-11H,5-7,13H2,1-4H3/t10?,11-/m0/s1. The molecule has 2 atom stereocenters. The summed E-state index contributed by atoms with van der Waals surface area (Å²) in [6.07, 6.45) is 1.13. The van der Waals surface area contributed by atoms with Gasteiger partial charge in [0.2, 0.25) is 5.91 Å². The first kappa shape index (κ1) is 12.5. The molecule has 88 valence electrons. The van der Waals surface area contributed by atoms with Crippen LogP contribution in [0.4, 0.5) is 0 Å². The molecule has 0 saturated carbocycles. The summed E-state index contributed by atoms with van der Waals surface area (Å²) < 4.78 is 0. The highest BCUT2D eigenvalue weighted by Crippen LogP contribution is 2.24. The molecule has 1 aliphatic heterocycles. The van der Waals surface area contributed by atoms with Crippen molar-refractivity contribution in [2.24, 2.45) is 23.5 Å². The summed E-state index contributed by atoms with van der Waals surface area (Å²) in [5.41, 5.74) is 5.87. The molecule has 0 aromatic heterocycles. The van der Waals surface area contributed by atoms with Gasteiger partial charge in [-0.2, -0.15) is 0 Å². The van der Waals surface area contributed by atoms with Gasteiger partial charge in [0, 0.05) is 13.1 Å². The molecular weight excluding hydrogens is 188 g/mol. The Bertz CT molecular complexity index is 226. The predicted octanol–water partition coefficient (Wildman–Crippen LogP) is 1.47. The third-order valence-corrected chi connectivity index (χ3v) is 3.48. The molecule has 2 N–H and O–H groups in total. The fourth-order valence-corrected chi connectivity index (χ4v) is 2.03. The number of carbonyl (C=O) groups excluding carboxylic acids is 1. The maximum absolute atomic E-state index is 12.0. The molecule has 1 saturated heterocycles. The molecule has 0 aliphatic carbocycles. The van der Waals surface area contributed by atoms with E-state index in [9.17, 15) is 4.79 Å². The van der Waals surface area contributed by atoms with Crippen molar-refractivity contribution < 1.29 is 4.79 Å². The highest BCUT2D eigenvalue weighted by atomic mass is 16.2. The van der Waals surface area contributed by atoms with Gasteiger partial charge in [-0.3, -0.25) is 4.79 Å². The van der Waals surface area contributed by atoms with Crippen molar-refractivity contribution in [3.8, 4) is 0 Å². The topological polar surface area (TPSA) is 46.3 Å². The first-order valence-corrected chi connectivity index (χ1v) is 5.97. The van der Waals surface area contributed by atoms with Crippen LogP contribution in [0.1, 0.15) is 34.1 Å². The van der Waals surface area contributed by atoms with E-state index in [1.165, 1.54) is 0 Å². The lowest BCUT2D eigenvalue weighted by molar-refractivity contribution is -0.132. The highest BCUT2D eigenvalue weighted by Gasteiger charge is 2.31. The zero-order valence-corrected chi connectivity index (χ0v) is 10.4. The van der Waals surface area contributed by atoms with Crippen LogP contribution in [0.3, 0.4) is 0 Å². The Kier molecular flexibility index (Phi) is 4.14. The van der Waals surface area contributed by atoms with E-state index in [1.807, 2.05) is 18.7 Å². The van der Waals surface area contributed by atoms with Crippen LogP contribution in [0.2, 0.25) is 0 Å². The fourth-order valence-electron chi connectivity index (χ4n) is 2.03. The van der Waals surface area contributed by atoms with Gasteiger partial charge in [0.25, 0.3) is 0 Å². The summed E-state index contributed by atoms with van der Waals surface area (Å²) in [5, 5.41) is 0. The van der Waals surface area contributed by atoms with Crippen molar-refractivity contribution in [1.82, 2.24) is 4.90 Å². The zero-order chi connectivity index (χ0) is 11.6. The van der Waals surface area contributed by atoms with Crippen LogP contribution in [0.5, 0.6) is 0 Å². The van der Waals surface area contributed by atoms with Crippen LogP contribution in [0, 0.1) is 17.8 Å². The van der Waals surface area contributed by atoms with E-state index in [1.54, 1.807) is 0 Å². The van der Waals surface area contributed by atoms with Crippen molar-refractivity contribution in [1.29, 1.82) is 0 Å². The number of nitrogens with two attached hydrogens (primary N) is 1. The van der Waals surface area contributed by atoms with Crippen LogP contribution in [-0.4, -0.2) is 29.9 Å². The molecule has 15 heavy (non-hydrogen) atoms. The minimum Gasteiger partial charge on any atom is -0.341 e. The van der Waals surface area contributed by atoms with Gasteiger partial charge < -0.3 is 10.6 Å². The van der Waals surface area contributed by atoms with Crippen LogP contribution >= 0.6 is 0 Å². The molecule has 1 aliphatic rings. The van der Waals surface area contributed by atoms with Crippen molar-refractivity contribution >= 4 is 5.91 Å². The molecule has 1 fully saturated rings. The molecule has 1 heterocycles. The average Bonchev–Trinajstić information content (AvgIpc) is 2.64. The molecule has 0 bridgehead atoms. The minimum atomic E-state index is -0.323. The van der Waals surface area contributed by atoms with Gasteiger partial charge >= 0.3 is 0 Å². The van der Waals surface area contributed by atoms with Crippen molar-refractivity contribution in [3.63, 3.8) is 0 Å². The first-order valence-electron chi connectivity index (χ1n) is 5.97. The SMILES string of the molecule is CC(C)C1CCN(C(=O)[C@@H](N)C(C)C)C1. The monoisotopic (exact) mass is 212 g/mol. The molecule has 0 aromatic carbocycles. The smallest absolute Gasteiger partial charge is 0.239 e. The van der Waals surface area contributed by atoms with Crippen LogP contribution in [-0.2, 0) is 4.79 Å². The lowest BCUT2D eigenvalue weighted by Crippen LogP contribution is -2.45. The van der Waals surface area contributed by atoms with E-state index in [-0.39, 0.29) is 17.9 Å². The second-order valence-corrected chi connectivity index (χ2v) is 5.35. The van der Waals surface area contributed by atoms with E-state index in [0.29, 0.717) is 11.8 Å². The maximum Gasteiger partial charge on any atom is 0.239 e. The fraction of sp³-hybridized carbons (Fsp3) is 0.917. The number of carbonyl (C=O) groups is 1. The summed E-state index contributed by atoms with van der Waals surface area (Å²) in [7, 11) is 0.